The van der Waals surface area contributed by atoms with Crippen LogP contribution in [0.2, 0.25) is 0 Å². The van der Waals surface area contributed by atoms with E-state index in [1.165, 1.54) is 0 Å². The van der Waals surface area contributed by atoms with E-state index in [-0.39, 0.29) is 5.91 Å². The zero-order valence-electron chi connectivity index (χ0n) is 14.9. The van der Waals surface area contributed by atoms with Crippen molar-refractivity contribution in [1.29, 1.82) is 0 Å². The lowest BCUT2D eigenvalue weighted by molar-refractivity contribution is 0.0950. The van der Waals surface area contributed by atoms with Crippen LogP contribution in [0.5, 0.6) is 0 Å². The van der Waals surface area contributed by atoms with Crippen LogP contribution in [0.15, 0.2) is 30.5 Å². The van der Waals surface area contributed by atoms with Crippen LogP contribution in [0.4, 0.5) is 0 Å². The van der Waals surface area contributed by atoms with E-state index >= 15 is 0 Å². The van der Waals surface area contributed by atoms with Gasteiger partial charge in [0.25, 0.3) is 5.91 Å². The number of hydrogen-bond donors (Lipinski definition) is 1. The summed E-state index contributed by atoms with van der Waals surface area (Å²) in [6.07, 6.45) is 1.99. The molecule has 3 aromatic heterocycles. The number of rotatable bonds is 4. The lowest BCUT2D eigenvalue weighted by Crippen LogP contribution is -2.23. The number of aryl methyl sites for hydroxylation is 2. The molecule has 0 saturated carbocycles. The van der Waals surface area contributed by atoms with Gasteiger partial charge >= 0.3 is 0 Å². The molecule has 0 saturated heterocycles. The van der Waals surface area contributed by atoms with E-state index in [9.17, 15) is 4.79 Å². The lowest BCUT2D eigenvalue weighted by Gasteiger charge is -2.13. The van der Waals surface area contributed by atoms with Gasteiger partial charge in [-0.3, -0.25) is 4.79 Å². The van der Waals surface area contributed by atoms with Gasteiger partial charge in [-0.2, -0.15) is 0 Å². The topological polar surface area (TPSA) is 51.3 Å². The molecule has 3 heterocycles. The second-order valence-electron chi connectivity index (χ2n) is 6.49. The van der Waals surface area contributed by atoms with Crippen LogP contribution in [-0.4, -0.2) is 19.9 Å². The van der Waals surface area contributed by atoms with Crippen molar-refractivity contribution >= 4 is 11.4 Å². The van der Waals surface area contributed by atoms with Gasteiger partial charge in [0.05, 0.1) is 23.3 Å². The van der Waals surface area contributed by atoms with Gasteiger partial charge in [-0.1, -0.05) is 6.07 Å². The average Bonchev–Trinajstić information content (AvgIpc) is 3.02. The van der Waals surface area contributed by atoms with Crippen molar-refractivity contribution in [2.24, 2.45) is 0 Å². The highest BCUT2D eigenvalue weighted by Gasteiger charge is 2.17. The number of nitrogens with zero attached hydrogens (tertiary/aromatic N) is 3. The highest BCUT2D eigenvalue weighted by Crippen LogP contribution is 2.20. The summed E-state index contributed by atoms with van der Waals surface area (Å²) in [5, 5.41) is 3.01. The van der Waals surface area contributed by atoms with Crippen molar-refractivity contribution in [1.82, 2.24) is 19.3 Å². The number of nitrogens with one attached hydrogen (secondary N) is 1. The predicted molar refractivity (Wildman–Crippen MR) is 95.4 cm³/mol. The molecule has 1 amide bonds. The van der Waals surface area contributed by atoms with Crippen LogP contribution in [0, 0.1) is 20.8 Å². The van der Waals surface area contributed by atoms with Gasteiger partial charge in [0, 0.05) is 23.6 Å². The second kappa shape index (κ2) is 6.15. The van der Waals surface area contributed by atoms with Crippen LogP contribution in [0.3, 0.4) is 0 Å². The molecule has 3 rings (SSSR count). The van der Waals surface area contributed by atoms with Gasteiger partial charge in [-0.05, 0) is 52.8 Å². The van der Waals surface area contributed by atoms with E-state index in [1.807, 2.05) is 55.6 Å². The number of pyridine rings is 1. The summed E-state index contributed by atoms with van der Waals surface area (Å²) >= 11 is 0. The number of carbonyl (C=O) groups excluding carboxylic acids is 1. The van der Waals surface area contributed by atoms with E-state index in [0.717, 1.165) is 34.0 Å². The predicted octanol–water partition coefficient (Wildman–Crippen LogP) is 3.57. The second-order valence-corrected chi connectivity index (χ2v) is 6.49. The lowest BCUT2D eigenvalue weighted by atomic mass is 10.2. The number of aromatic nitrogens is 3. The molecular weight excluding hydrogens is 300 g/mol. The maximum atomic E-state index is 12.6. The van der Waals surface area contributed by atoms with Gasteiger partial charge in [0.15, 0.2) is 0 Å². The molecule has 0 spiro atoms. The van der Waals surface area contributed by atoms with Crippen molar-refractivity contribution < 1.29 is 4.79 Å². The zero-order valence-corrected chi connectivity index (χ0v) is 14.9. The first-order chi connectivity index (χ1) is 11.4. The Morgan fingerprint density at radius 1 is 1.25 bits per heavy atom. The van der Waals surface area contributed by atoms with Crippen molar-refractivity contribution in [2.75, 3.05) is 0 Å². The minimum atomic E-state index is -0.0512. The Morgan fingerprint density at radius 3 is 2.67 bits per heavy atom. The minimum absolute atomic E-state index is 0.0512. The third-order valence-corrected chi connectivity index (χ3v) is 4.46. The van der Waals surface area contributed by atoms with E-state index in [1.54, 1.807) is 0 Å². The molecule has 24 heavy (non-hydrogen) atoms. The summed E-state index contributed by atoms with van der Waals surface area (Å²) in [6, 6.07) is 8.28. The highest BCUT2D eigenvalue weighted by molar-refractivity contribution is 5.95. The van der Waals surface area contributed by atoms with Crippen LogP contribution in [0.1, 0.15) is 53.2 Å². The van der Waals surface area contributed by atoms with Crippen LogP contribution >= 0.6 is 0 Å². The fraction of sp³-hybridized carbons (Fsp3) is 0.368. The third kappa shape index (κ3) is 2.70. The Kier molecular flexibility index (Phi) is 4.18. The zero-order chi connectivity index (χ0) is 17.4. The molecule has 1 N–H and O–H groups in total. The number of amides is 1. The molecule has 0 aromatic carbocycles. The number of fused-ring (bicyclic) bond motifs is 1. The molecule has 0 radical (unpaired) electrons. The van der Waals surface area contributed by atoms with Crippen LogP contribution in [-0.2, 0) is 6.54 Å². The Labute approximate surface area is 142 Å². The quantitative estimate of drug-likeness (QED) is 0.797. The SMILES string of the molecule is Cc1cc(C(=O)NCc2nc(C)n3ccccc23)c(C)n1C(C)C. The number of carbonyl (C=O) groups is 1. The molecule has 5 heteroatoms. The van der Waals surface area contributed by atoms with Crippen molar-refractivity contribution in [2.45, 2.75) is 47.2 Å². The van der Waals surface area contributed by atoms with E-state index < -0.39 is 0 Å². The summed E-state index contributed by atoms with van der Waals surface area (Å²) in [5.74, 6) is 0.873. The monoisotopic (exact) mass is 324 g/mol. The largest absolute Gasteiger partial charge is 0.346 e. The number of imidazole rings is 1. The first kappa shape index (κ1) is 16.3. The molecule has 5 nitrogen and oxygen atoms in total. The van der Waals surface area contributed by atoms with Crippen LogP contribution < -0.4 is 5.32 Å². The van der Waals surface area contributed by atoms with E-state index in [4.69, 9.17) is 0 Å². The van der Waals surface area contributed by atoms with Gasteiger partial charge < -0.3 is 14.3 Å². The molecule has 126 valence electrons. The normalized spacial score (nSPS) is 11.4. The standard InChI is InChI=1S/C19H24N4O/c1-12(2)23-13(3)10-16(14(23)4)19(24)20-11-17-18-8-6-7-9-22(18)15(5)21-17/h6-10,12H,11H2,1-5H3,(H,20,24). The molecule has 0 atom stereocenters. The Hall–Kier alpha value is -2.56. The van der Waals surface area contributed by atoms with Gasteiger partial charge in [0.1, 0.15) is 5.82 Å². The van der Waals surface area contributed by atoms with Crippen molar-refractivity contribution in [3.63, 3.8) is 0 Å². The Bertz CT molecular complexity index is 902. The average molecular weight is 324 g/mol. The van der Waals surface area contributed by atoms with E-state index in [2.05, 4.69) is 28.7 Å². The smallest absolute Gasteiger partial charge is 0.253 e. The highest BCUT2D eigenvalue weighted by atomic mass is 16.1. The minimum Gasteiger partial charge on any atom is -0.346 e. The molecule has 0 aliphatic heterocycles. The maximum absolute atomic E-state index is 12.6. The molecule has 0 unspecified atom stereocenters. The first-order valence-electron chi connectivity index (χ1n) is 8.29. The fourth-order valence-electron chi connectivity index (χ4n) is 3.46. The van der Waals surface area contributed by atoms with Crippen molar-refractivity contribution in [3.05, 3.63) is 58.9 Å². The first-order valence-corrected chi connectivity index (χ1v) is 8.29. The maximum Gasteiger partial charge on any atom is 0.253 e. The summed E-state index contributed by atoms with van der Waals surface area (Å²) in [4.78, 5) is 17.2. The van der Waals surface area contributed by atoms with E-state index in [0.29, 0.717) is 12.6 Å². The molecule has 0 aliphatic carbocycles. The molecule has 0 bridgehead atoms. The fourth-order valence-corrected chi connectivity index (χ4v) is 3.46. The Balaban J connectivity index is 1.82. The van der Waals surface area contributed by atoms with Crippen LogP contribution in [0.25, 0.3) is 5.52 Å². The summed E-state index contributed by atoms with van der Waals surface area (Å²) in [7, 11) is 0. The van der Waals surface area contributed by atoms with Gasteiger partial charge in [-0.15, -0.1) is 0 Å². The summed E-state index contributed by atoms with van der Waals surface area (Å²) in [6.45, 7) is 10.7. The molecule has 0 aliphatic rings. The number of hydrogen-bond acceptors (Lipinski definition) is 2. The summed E-state index contributed by atoms with van der Waals surface area (Å²) in [5.41, 5.74) is 4.77. The van der Waals surface area contributed by atoms with Crippen molar-refractivity contribution in [3.8, 4) is 0 Å². The van der Waals surface area contributed by atoms with Gasteiger partial charge in [0.2, 0.25) is 0 Å². The molecule has 3 aromatic rings. The molecule has 0 fully saturated rings. The third-order valence-electron chi connectivity index (χ3n) is 4.46. The Morgan fingerprint density at radius 2 is 2.00 bits per heavy atom. The molecular formula is C19H24N4O. The van der Waals surface area contributed by atoms with Gasteiger partial charge in [-0.25, -0.2) is 4.98 Å². The summed E-state index contributed by atoms with van der Waals surface area (Å²) < 4.78 is 4.22.